The van der Waals surface area contributed by atoms with Gasteiger partial charge in [-0.3, -0.25) is 9.48 Å². The molecular formula is C21H24N4O3S. The van der Waals surface area contributed by atoms with Gasteiger partial charge in [-0.2, -0.15) is 5.10 Å². The first-order valence-electron chi connectivity index (χ1n) is 9.78. The van der Waals surface area contributed by atoms with Crippen molar-refractivity contribution in [2.45, 2.75) is 20.4 Å². The molecule has 0 spiro atoms. The molecule has 1 saturated heterocycles. The van der Waals surface area contributed by atoms with Crippen molar-refractivity contribution < 1.29 is 14.3 Å². The van der Waals surface area contributed by atoms with E-state index in [0.717, 1.165) is 15.9 Å². The first-order chi connectivity index (χ1) is 14.1. The van der Waals surface area contributed by atoms with Crippen molar-refractivity contribution in [1.29, 1.82) is 0 Å². The number of hydrogen-bond acceptors (Lipinski definition) is 5. The maximum Gasteiger partial charge on any atom is 0.409 e. The third-order valence-electron chi connectivity index (χ3n) is 5.09. The number of thiophene rings is 1. The number of nitrogens with zero attached hydrogens (tertiary/aromatic N) is 4. The first kappa shape index (κ1) is 19.4. The van der Waals surface area contributed by atoms with Crippen molar-refractivity contribution in [3.8, 4) is 0 Å². The van der Waals surface area contributed by atoms with E-state index in [-0.39, 0.29) is 12.0 Å². The Kier molecular flexibility index (Phi) is 5.53. The van der Waals surface area contributed by atoms with Gasteiger partial charge in [-0.25, -0.2) is 4.79 Å². The molecule has 3 aromatic rings. The molecule has 1 aliphatic heterocycles. The maximum absolute atomic E-state index is 13.0. The SMILES string of the molecule is CCOC(=O)N1CCN(C(=O)c2cc3c(C)nn(Cc4ccccc4)c3s2)CC1. The molecule has 2 amide bonds. The lowest BCUT2D eigenvalue weighted by molar-refractivity contribution is 0.0574. The molecular weight excluding hydrogens is 388 g/mol. The monoisotopic (exact) mass is 412 g/mol. The summed E-state index contributed by atoms with van der Waals surface area (Å²) in [7, 11) is 0. The molecule has 0 N–H and O–H groups in total. The molecule has 0 radical (unpaired) electrons. The lowest BCUT2D eigenvalue weighted by Gasteiger charge is -2.33. The second-order valence-corrected chi connectivity index (χ2v) is 8.07. The van der Waals surface area contributed by atoms with Crippen LogP contribution in [0.15, 0.2) is 36.4 Å². The van der Waals surface area contributed by atoms with Crippen LogP contribution in [0.25, 0.3) is 10.2 Å². The highest BCUT2D eigenvalue weighted by molar-refractivity contribution is 7.20. The Morgan fingerprint density at radius 1 is 1.10 bits per heavy atom. The van der Waals surface area contributed by atoms with E-state index in [1.165, 1.54) is 16.9 Å². The minimum absolute atomic E-state index is 0.0142. The fraction of sp³-hybridized carbons (Fsp3) is 0.381. The van der Waals surface area contributed by atoms with E-state index >= 15 is 0 Å². The Bertz CT molecular complexity index is 1020. The van der Waals surface area contributed by atoms with Crippen LogP contribution in [0, 0.1) is 6.92 Å². The average Bonchev–Trinajstić information content (AvgIpc) is 3.30. The molecule has 1 aliphatic rings. The molecule has 152 valence electrons. The molecule has 7 nitrogen and oxygen atoms in total. The number of hydrogen-bond donors (Lipinski definition) is 0. The third kappa shape index (κ3) is 3.98. The second-order valence-electron chi connectivity index (χ2n) is 7.04. The predicted molar refractivity (Wildman–Crippen MR) is 112 cm³/mol. The van der Waals surface area contributed by atoms with E-state index in [0.29, 0.717) is 44.2 Å². The third-order valence-corrected chi connectivity index (χ3v) is 6.22. The minimum atomic E-state index is -0.307. The fourth-order valence-electron chi connectivity index (χ4n) is 3.54. The number of benzene rings is 1. The van der Waals surface area contributed by atoms with Crippen LogP contribution in [0.2, 0.25) is 0 Å². The van der Waals surface area contributed by atoms with Gasteiger partial charge < -0.3 is 14.5 Å². The number of amides is 2. The van der Waals surface area contributed by atoms with Crippen molar-refractivity contribution >= 4 is 33.6 Å². The van der Waals surface area contributed by atoms with Gasteiger partial charge in [-0.1, -0.05) is 30.3 Å². The van der Waals surface area contributed by atoms with Crippen LogP contribution in [0.5, 0.6) is 0 Å². The highest BCUT2D eigenvalue weighted by Gasteiger charge is 2.27. The molecule has 0 saturated carbocycles. The smallest absolute Gasteiger partial charge is 0.409 e. The van der Waals surface area contributed by atoms with E-state index in [4.69, 9.17) is 4.74 Å². The van der Waals surface area contributed by atoms with Gasteiger partial charge in [0.25, 0.3) is 5.91 Å². The Hall–Kier alpha value is -2.87. The number of aryl methyl sites for hydroxylation is 1. The minimum Gasteiger partial charge on any atom is -0.450 e. The molecule has 0 unspecified atom stereocenters. The van der Waals surface area contributed by atoms with Crippen LogP contribution >= 0.6 is 11.3 Å². The zero-order valence-corrected chi connectivity index (χ0v) is 17.4. The quantitative estimate of drug-likeness (QED) is 0.659. The summed E-state index contributed by atoms with van der Waals surface area (Å²) in [6.07, 6.45) is -0.307. The summed E-state index contributed by atoms with van der Waals surface area (Å²) in [5, 5.41) is 5.68. The van der Waals surface area contributed by atoms with E-state index < -0.39 is 0 Å². The molecule has 3 heterocycles. The van der Waals surface area contributed by atoms with E-state index in [9.17, 15) is 9.59 Å². The zero-order valence-electron chi connectivity index (χ0n) is 16.6. The van der Waals surface area contributed by atoms with Crippen LogP contribution in [0.1, 0.15) is 27.9 Å². The van der Waals surface area contributed by atoms with Gasteiger partial charge in [-0.15, -0.1) is 11.3 Å². The van der Waals surface area contributed by atoms with Gasteiger partial charge in [0.15, 0.2) is 0 Å². The van der Waals surface area contributed by atoms with Gasteiger partial charge in [0.05, 0.1) is 23.7 Å². The van der Waals surface area contributed by atoms with Gasteiger partial charge in [0.1, 0.15) is 4.83 Å². The topological polar surface area (TPSA) is 67.7 Å². The molecule has 0 aliphatic carbocycles. The van der Waals surface area contributed by atoms with Crippen LogP contribution in [0.3, 0.4) is 0 Å². The highest BCUT2D eigenvalue weighted by atomic mass is 32.1. The van der Waals surface area contributed by atoms with E-state index in [2.05, 4.69) is 17.2 Å². The summed E-state index contributed by atoms with van der Waals surface area (Å²) in [5.41, 5.74) is 2.10. The Morgan fingerprint density at radius 3 is 2.48 bits per heavy atom. The summed E-state index contributed by atoms with van der Waals surface area (Å²) in [6, 6.07) is 12.1. The lowest BCUT2D eigenvalue weighted by atomic mass is 10.2. The second kappa shape index (κ2) is 8.24. The Morgan fingerprint density at radius 2 is 1.79 bits per heavy atom. The maximum atomic E-state index is 13.0. The molecule has 1 fully saturated rings. The van der Waals surface area contributed by atoms with Crippen molar-refractivity contribution in [3.05, 3.63) is 52.5 Å². The normalized spacial score (nSPS) is 14.4. The molecule has 2 aromatic heterocycles. The lowest BCUT2D eigenvalue weighted by Crippen LogP contribution is -2.50. The molecule has 0 bridgehead atoms. The first-order valence-corrected chi connectivity index (χ1v) is 10.6. The zero-order chi connectivity index (χ0) is 20.4. The summed E-state index contributed by atoms with van der Waals surface area (Å²) in [4.78, 5) is 30.1. The highest BCUT2D eigenvalue weighted by Crippen LogP contribution is 2.30. The number of fused-ring (bicyclic) bond motifs is 1. The molecule has 4 rings (SSSR count). The van der Waals surface area contributed by atoms with Crippen LogP contribution in [-0.4, -0.2) is 64.4 Å². The number of ether oxygens (including phenoxy) is 1. The number of piperazine rings is 1. The number of carbonyl (C=O) groups is 2. The molecule has 29 heavy (non-hydrogen) atoms. The number of aromatic nitrogens is 2. The summed E-state index contributed by atoms with van der Waals surface area (Å²) in [5.74, 6) is 0.0142. The summed E-state index contributed by atoms with van der Waals surface area (Å²) < 4.78 is 7.01. The van der Waals surface area contributed by atoms with Crippen molar-refractivity contribution in [2.24, 2.45) is 0 Å². The molecule has 1 aromatic carbocycles. The van der Waals surface area contributed by atoms with Crippen LogP contribution in [-0.2, 0) is 11.3 Å². The van der Waals surface area contributed by atoms with Gasteiger partial charge in [-0.05, 0) is 25.5 Å². The average molecular weight is 413 g/mol. The number of carbonyl (C=O) groups excluding carboxylic acids is 2. The van der Waals surface area contributed by atoms with Crippen LogP contribution < -0.4 is 0 Å². The van der Waals surface area contributed by atoms with Crippen molar-refractivity contribution in [2.75, 3.05) is 32.8 Å². The van der Waals surface area contributed by atoms with Crippen LogP contribution in [0.4, 0.5) is 4.79 Å². The van der Waals surface area contributed by atoms with Gasteiger partial charge in [0, 0.05) is 31.6 Å². The fourth-order valence-corrected chi connectivity index (χ4v) is 4.67. The van der Waals surface area contributed by atoms with E-state index in [1.807, 2.05) is 40.8 Å². The summed E-state index contributed by atoms with van der Waals surface area (Å²) >= 11 is 1.48. The van der Waals surface area contributed by atoms with Crippen molar-refractivity contribution in [1.82, 2.24) is 19.6 Å². The largest absolute Gasteiger partial charge is 0.450 e. The molecule has 0 atom stereocenters. The summed E-state index contributed by atoms with van der Waals surface area (Å²) in [6.45, 7) is 6.83. The van der Waals surface area contributed by atoms with E-state index in [1.54, 1.807) is 11.8 Å². The Balaban J connectivity index is 1.49. The predicted octanol–water partition coefficient (Wildman–Crippen LogP) is 3.37. The van der Waals surface area contributed by atoms with Gasteiger partial charge >= 0.3 is 6.09 Å². The van der Waals surface area contributed by atoms with Crippen molar-refractivity contribution in [3.63, 3.8) is 0 Å². The standard InChI is InChI=1S/C21H24N4O3S/c1-3-28-21(27)24-11-9-23(10-12-24)19(26)18-13-17-15(2)22-25(20(17)29-18)14-16-7-5-4-6-8-16/h4-8,13H,3,9-12,14H2,1-2H3. The molecule has 8 heteroatoms. The Labute approximate surface area is 173 Å². The number of rotatable bonds is 4. The van der Waals surface area contributed by atoms with Gasteiger partial charge in [0.2, 0.25) is 0 Å².